The molecule has 0 radical (unpaired) electrons. The molecule has 0 aliphatic carbocycles. The molecule has 13 heavy (non-hydrogen) atoms. The first-order valence-electron chi connectivity index (χ1n) is 4.50. The van der Waals surface area contributed by atoms with Crippen LogP contribution in [0.5, 0.6) is 5.75 Å². The van der Waals surface area contributed by atoms with E-state index < -0.39 is 6.67 Å². The summed E-state index contributed by atoms with van der Waals surface area (Å²) >= 11 is 0. The molecule has 2 heteroatoms. The lowest BCUT2D eigenvalue weighted by Crippen LogP contribution is -2.04. The van der Waals surface area contributed by atoms with Gasteiger partial charge in [0.25, 0.3) is 0 Å². The predicted octanol–water partition coefficient (Wildman–Crippen LogP) is 3.19. The van der Waals surface area contributed by atoms with Crippen LogP contribution >= 0.6 is 0 Å². The molecule has 1 aromatic rings. The van der Waals surface area contributed by atoms with Crippen molar-refractivity contribution in [2.45, 2.75) is 20.5 Å². The minimum Gasteiger partial charge on any atom is -0.493 e. The van der Waals surface area contributed by atoms with Gasteiger partial charge in [-0.25, -0.2) is 4.39 Å². The van der Waals surface area contributed by atoms with E-state index in [0.717, 1.165) is 5.75 Å². The van der Waals surface area contributed by atoms with Crippen molar-refractivity contribution < 1.29 is 9.13 Å². The monoisotopic (exact) mass is 182 g/mol. The summed E-state index contributed by atoms with van der Waals surface area (Å²) in [6.45, 7) is 4.48. The molecule has 1 nitrogen and oxygen atoms in total. The highest BCUT2D eigenvalue weighted by Gasteiger charge is 1.97. The quantitative estimate of drug-likeness (QED) is 0.694. The summed E-state index contributed by atoms with van der Waals surface area (Å²) in [4.78, 5) is 0. The minimum atomic E-state index is -0.412. The highest BCUT2D eigenvalue weighted by atomic mass is 19.1. The van der Waals surface area contributed by atoms with Gasteiger partial charge in [-0.2, -0.15) is 0 Å². The SMILES string of the molecule is CC(C)COc1ccc(CF)cc1. The Morgan fingerprint density at radius 2 is 1.85 bits per heavy atom. The summed E-state index contributed by atoms with van der Waals surface area (Å²) in [7, 11) is 0. The molecule has 0 amide bonds. The van der Waals surface area contributed by atoms with Gasteiger partial charge in [0.2, 0.25) is 0 Å². The molecule has 0 aliphatic rings. The van der Waals surface area contributed by atoms with Crippen molar-refractivity contribution >= 4 is 0 Å². The van der Waals surface area contributed by atoms with Gasteiger partial charge in [0, 0.05) is 0 Å². The third-order valence-corrected chi connectivity index (χ3v) is 1.66. The zero-order chi connectivity index (χ0) is 9.68. The zero-order valence-corrected chi connectivity index (χ0v) is 8.09. The molecule has 72 valence electrons. The Kier molecular flexibility index (Phi) is 3.74. The summed E-state index contributed by atoms with van der Waals surface area (Å²) < 4.78 is 17.6. The summed E-state index contributed by atoms with van der Waals surface area (Å²) in [5, 5.41) is 0. The van der Waals surface area contributed by atoms with Gasteiger partial charge in [-0.05, 0) is 23.6 Å². The summed E-state index contributed by atoms with van der Waals surface area (Å²) in [6, 6.07) is 7.10. The maximum Gasteiger partial charge on any atom is 0.119 e. The van der Waals surface area contributed by atoms with E-state index in [1.54, 1.807) is 24.3 Å². The molecular formula is C11H15FO. The number of hydrogen-bond donors (Lipinski definition) is 0. The Hall–Kier alpha value is -1.05. The molecule has 0 bridgehead atoms. The lowest BCUT2D eigenvalue weighted by Gasteiger charge is -2.08. The van der Waals surface area contributed by atoms with Crippen molar-refractivity contribution in [3.63, 3.8) is 0 Å². The summed E-state index contributed by atoms with van der Waals surface area (Å²) in [5.41, 5.74) is 0.692. The second kappa shape index (κ2) is 4.85. The average molecular weight is 182 g/mol. The fraction of sp³-hybridized carbons (Fsp3) is 0.455. The Labute approximate surface area is 78.5 Å². The largest absolute Gasteiger partial charge is 0.493 e. The van der Waals surface area contributed by atoms with Crippen LogP contribution in [-0.4, -0.2) is 6.61 Å². The number of benzene rings is 1. The Morgan fingerprint density at radius 1 is 1.23 bits per heavy atom. The van der Waals surface area contributed by atoms with Gasteiger partial charge in [-0.1, -0.05) is 26.0 Å². The highest BCUT2D eigenvalue weighted by Crippen LogP contribution is 2.13. The van der Waals surface area contributed by atoms with Crippen LogP contribution in [0.4, 0.5) is 4.39 Å². The van der Waals surface area contributed by atoms with Gasteiger partial charge >= 0.3 is 0 Å². The molecule has 0 fully saturated rings. The number of alkyl halides is 1. The molecule has 0 aromatic heterocycles. The van der Waals surface area contributed by atoms with Crippen molar-refractivity contribution in [2.24, 2.45) is 5.92 Å². The molecule has 0 spiro atoms. The van der Waals surface area contributed by atoms with Crippen LogP contribution < -0.4 is 4.74 Å². The van der Waals surface area contributed by atoms with Crippen molar-refractivity contribution in [1.82, 2.24) is 0 Å². The van der Waals surface area contributed by atoms with E-state index in [-0.39, 0.29) is 0 Å². The fourth-order valence-corrected chi connectivity index (χ4v) is 0.938. The van der Waals surface area contributed by atoms with E-state index in [0.29, 0.717) is 18.1 Å². The van der Waals surface area contributed by atoms with Crippen LogP contribution in [0.15, 0.2) is 24.3 Å². The third kappa shape index (κ3) is 3.45. The second-order valence-corrected chi connectivity index (χ2v) is 3.48. The molecule has 0 unspecified atom stereocenters. The molecule has 0 saturated heterocycles. The van der Waals surface area contributed by atoms with Gasteiger partial charge in [0.15, 0.2) is 0 Å². The Bertz CT molecular complexity index is 241. The Balaban J connectivity index is 2.49. The standard InChI is InChI=1S/C11H15FO/c1-9(2)8-13-11-5-3-10(7-12)4-6-11/h3-6,9H,7-8H2,1-2H3. The first kappa shape index (κ1) is 10.0. The number of halogens is 1. The van der Waals surface area contributed by atoms with E-state index in [4.69, 9.17) is 4.74 Å². The van der Waals surface area contributed by atoms with Gasteiger partial charge in [-0.15, -0.1) is 0 Å². The van der Waals surface area contributed by atoms with Gasteiger partial charge in [0.1, 0.15) is 12.4 Å². The lowest BCUT2D eigenvalue weighted by molar-refractivity contribution is 0.271. The van der Waals surface area contributed by atoms with Gasteiger partial charge in [0.05, 0.1) is 6.61 Å². The predicted molar refractivity (Wildman–Crippen MR) is 51.6 cm³/mol. The molecule has 0 heterocycles. The van der Waals surface area contributed by atoms with Crippen LogP contribution in [0.25, 0.3) is 0 Å². The normalized spacial score (nSPS) is 10.5. The molecule has 1 rings (SSSR count). The first-order valence-corrected chi connectivity index (χ1v) is 4.50. The van der Waals surface area contributed by atoms with Crippen molar-refractivity contribution in [3.05, 3.63) is 29.8 Å². The topological polar surface area (TPSA) is 9.23 Å². The molecule has 0 N–H and O–H groups in total. The molecular weight excluding hydrogens is 167 g/mol. The highest BCUT2D eigenvalue weighted by molar-refractivity contribution is 5.26. The van der Waals surface area contributed by atoms with Crippen LogP contribution in [0, 0.1) is 5.92 Å². The van der Waals surface area contributed by atoms with Crippen LogP contribution in [-0.2, 0) is 6.67 Å². The van der Waals surface area contributed by atoms with Crippen molar-refractivity contribution in [1.29, 1.82) is 0 Å². The van der Waals surface area contributed by atoms with Crippen LogP contribution in [0.3, 0.4) is 0 Å². The fourth-order valence-electron chi connectivity index (χ4n) is 0.938. The van der Waals surface area contributed by atoms with E-state index in [1.165, 1.54) is 0 Å². The lowest BCUT2D eigenvalue weighted by atomic mass is 10.2. The van der Waals surface area contributed by atoms with E-state index in [9.17, 15) is 4.39 Å². The number of ether oxygens (including phenoxy) is 1. The maximum absolute atomic E-state index is 12.1. The van der Waals surface area contributed by atoms with Crippen molar-refractivity contribution in [2.75, 3.05) is 6.61 Å². The van der Waals surface area contributed by atoms with Gasteiger partial charge < -0.3 is 4.74 Å². The van der Waals surface area contributed by atoms with Gasteiger partial charge in [-0.3, -0.25) is 0 Å². The summed E-state index contributed by atoms with van der Waals surface area (Å²) in [6.07, 6.45) is 0. The summed E-state index contributed by atoms with van der Waals surface area (Å²) in [5.74, 6) is 1.33. The van der Waals surface area contributed by atoms with E-state index in [2.05, 4.69) is 13.8 Å². The zero-order valence-electron chi connectivity index (χ0n) is 8.09. The maximum atomic E-state index is 12.1. The third-order valence-electron chi connectivity index (χ3n) is 1.66. The molecule has 0 aliphatic heterocycles. The van der Waals surface area contributed by atoms with E-state index in [1.807, 2.05) is 0 Å². The van der Waals surface area contributed by atoms with Crippen LogP contribution in [0.2, 0.25) is 0 Å². The molecule has 0 saturated carbocycles. The molecule has 1 aromatic carbocycles. The second-order valence-electron chi connectivity index (χ2n) is 3.48. The smallest absolute Gasteiger partial charge is 0.119 e. The Morgan fingerprint density at radius 3 is 2.31 bits per heavy atom. The van der Waals surface area contributed by atoms with Crippen LogP contribution in [0.1, 0.15) is 19.4 Å². The van der Waals surface area contributed by atoms with E-state index >= 15 is 0 Å². The number of rotatable bonds is 4. The molecule has 0 atom stereocenters. The average Bonchev–Trinajstić information content (AvgIpc) is 2.15. The minimum absolute atomic E-state index is 0.412. The number of hydrogen-bond acceptors (Lipinski definition) is 1. The first-order chi connectivity index (χ1) is 6.22. The van der Waals surface area contributed by atoms with Crippen molar-refractivity contribution in [3.8, 4) is 5.75 Å².